The summed E-state index contributed by atoms with van der Waals surface area (Å²) < 4.78 is 0. The minimum atomic E-state index is -0.336. The van der Waals surface area contributed by atoms with Crippen LogP contribution in [0.4, 0.5) is 0 Å². The number of amides is 2. The highest BCUT2D eigenvalue weighted by Crippen LogP contribution is 2.27. The van der Waals surface area contributed by atoms with Gasteiger partial charge in [0, 0.05) is 25.3 Å². The maximum atomic E-state index is 12.2. The van der Waals surface area contributed by atoms with Gasteiger partial charge in [0.1, 0.15) is 5.69 Å². The largest absolute Gasteiger partial charge is 0.342 e. The van der Waals surface area contributed by atoms with Gasteiger partial charge >= 0.3 is 0 Å². The minimum Gasteiger partial charge on any atom is -0.342 e. The van der Waals surface area contributed by atoms with E-state index in [4.69, 9.17) is 5.73 Å². The van der Waals surface area contributed by atoms with E-state index in [1.165, 1.54) is 0 Å². The number of piperidine rings is 1. The topological polar surface area (TPSA) is 88.3 Å². The summed E-state index contributed by atoms with van der Waals surface area (Å²) in [4.78, 5) is 29.7. The van der Waals surface area contributed by atoms with Crippen LogP contribution in [-0.4, -0.2) is 47.4 Å². The molecule has 1 saturated heterocycles. The Morgan fingerprint density at radius 1 is 1.39 bits per heavy atom. The van der Waals surface area contributed by atoms with Crippen LogP contribution in [0, 0.1) is 5.41 Å². The number of carbonyl (C=O) groups excluding carboxylic acids is 2. The summed E-state index contributed by atoms with van der Waals surface area (Å²) in [6, 6.07) is 5.19. The summed E-state index contributed by atoms with van der Waals surface area (Å²) in [5, 5.41) is 2.61. The third-order valence-electron chi connectivity index (χ3n) is 3.96. The predicted molar refractivity (Wildman–Crippen MR) is 94.0 cm³/mol. The van der Waals surface area contributed by atoms with Gasteiger partial charge in [0.2, 0.25) is 5.91 Å². The second-order valence-corrected chi connectivity index (χ2v) is 6.10. The molecular weight excluding hydrogens is 339 g/mol. The standard InChI is InChI=1S/C15H22N4O2.2ClH/c1-15(2)10-19(8-6-12(15)16)13(20)9-18-14(21)11-5-3-4-7-17-11;;/h3-5,7,12H,6,8-10,16H2,1-2H3,(H,18,21);2*1H. The summed E-state index contributed by atoms with van der Waals surface area (Å²) in [5.74, 6) is -0.420. The summed E-state index contributed by atoms with van der Waals surface area (Å²) in [5.41, 5.74) is 6.27. The first-order valence-electron chi connectivity index (χ1n) is 7.13. The molecule has 1 aromatic rings. The van der Waals surface area contributed by atoms with E-state index < -0.39 is 0 Å². The highest BCUT2D eigenvalue weighted by molar-refractivity contribution is 5.94. The molecule has 2 heterocycles. The Morgan fingerprint density at radius 3 is 2.65 bits per heavy atom. The lowest BCUT2D eigenvalue weighted by atomic mass is 9.79. The van der Waals surface area contributed by atoms with Crippen molar-refractivity contribution in [1.82, 2.24) is 15.2 Å². The molecule has 2 amide bonds. The molecule has 0 spiro atoms. The number of hydrogen-bond acceptors (Lipinski definition) is 4. The molecule has 1 aromatic heterocycles. The molecule has 130 valence electrons. The lowest BCUT2D eigenvalue weighted by Crippen LogP contribution is -2.55. The molecule has 2 rings (SSSR count). The van der Waals surface area contributed by atoms with Crippen LogP contribution in [0.5, 0.6) is 0 Å². The first-order chi connectivity index (χ1) is 9.90. The van der Waals surface area contributed by atoms with Crippen molar-refractivity contribution in [2.75, 3.05) is 19.6 Å². The number of likely N-dealkylation sites (tertiary alicyclic amines) is 1. The molecule has 0 radical (unpaired) electrons. The number of nitrogens with zero attached hydrogens (tertiary/aromatic N) is 2. The van der Waals surface area contributed by atoms with E-state index >= 15 is 0 Å². The van der Waals surface area contributed by atoms with E-state index in [1.54, 1.807) is 29.3 Å². The van der Waals surface area contributed by atoms with E-state index in [-0.39, 0.29) is 54.6 Å². The van der Waals surface area contributed by atoms with Crippen LogP contribution in [0.1, 0.15) is 30.8 Å². The van der Waals surface area contributed by atoms with Crippen LogP contribution in [0.15, 0.2) is 24.4 Å². The van der Waals surface area contributed by atoms with Gasteiger partial charge in [-0.05, 0) is 24.0 Å². The molecule has 1 atom stereocenters. The number of hydrogen-bond donors (Lipinski definition) is 2. The van der Waals surface area contributed by atoms with Gasteiger partial charge in [-0.15, -0.1) is 24.8 Å². The minimum absolute atomic E-state index is 0. The van der Waals surface area contributed by atoms with Crippen LogP contribution >= 0.6 is 24.8 Å². The van der Waals surface area contributed by atoms with Crippen molar-refractivity contribution in [3.05, 3.63) is 30.1 Å². The van der Waals surface area contributed by atoms with Crippen LogP contribution in [0.25, 0.3) is 0 Å². The maximum absolute atomic E-state index is 12.2. The van der Waals surface area contributed by atoms with Crippen molar-refractivity contribution in [2.24, 2.45) is 11.1 Å². The van der Waals surface area contributed by atoms with Crippen LogP contribution in [0.3, 0.4) is 0 Å². The van der Waals surface area contributed by atoms with Gasteiger partial charge < -0.3 is 16.0 Å². The molecule has 0 bridgehead atoms. The zero-order chi connectivity index (χ0) is 15.5. The molecule has 0 aliphatic carbocycles. The van der Waals surface area contributed by atoms with Gasteiger partial charge in [0.25, 0.3) is 5.91 Å². The van der Waals surface area contributed by atoms with E-state index in [2.05, 4.69) is 24.1 Å². The average Bonchev–Trinajstić information content (AvgIpc) is 2.48. The molecule has 1 fully saturated rings. The van der Waals surface area contributed by atoms with Crippen LogP contribution in [-0.2, 0) is 4.79 Å². The molecule has 1 aliphatic heterocycles. The quantitative estimate of drug-likeness (QED) is 0.846. The zero-order valence-electron chi connectivity index (χ0n) is 13.3. The van der Waals surface area contributed by atoms with Crippen LogP contribution in [0.2, 0.25) is 0 Å². The Hall–Kier alpha value is -1.37. The third-order valence-corrected chi connectivity index (χ3v) is 3.96. The normalized spacial score (nSPS) is 19.1. The Balaban J connectivity index is 0.00000242. The molecule has 6 nitrogen and oxygen atoms in total. The van der Waals surface area contributed by atoms with Gasteiger partial charge in [-0.25, -0.2) is 0 Å². The Labute approximate surface area is 149 Å². The fourth-order valence-corrected chi connectivity index (χ4v) is 2.44. The predicted octanol–water partition coefficient (Wildman–Crippen LogP) is 1.24. The van der Waals surface area contributed by atoms with Gasteiger partial charge in [-0.2, -0.15) is 0 Å². The number of nitrogens with two attached hydrogens (primary N) is 1. The lowest BCUT2D eigenvalue weighted by Gasteiger charge is -2.42. The second-order valence-electron chi connectivity index (χ2n) is 6.10. The van der Waals surface area contributed by atoms with E-state index in [9.17, 15) is 9.59 Å². The molecule has 1 unspecified atom stereocenters. The van der Waals surface area contributed by atoms with Crippen molar-refractivity contribution in [2.45, 2.75) is 26.3 Å². The summed E-state index contributed by atoms with van der Waals surface area (Å²) >= 11 is 0. The van der Waals surface area contributed by atoms with E-state index in [1.807, 2.05) is 0 Å². The fourth-order valence-electron chi connectivity index (χ4n) is 2.44. The Bertz CT molecular complexity index is 525. The summed E-state index contributed by atoms with van der Waals surface area (Å²) in [7, 11) is 0. The van der Waals surface area contributed by atoms with Gasteiger partial charge in [0.05, 0.1) is 6.54 Å². The first-order valence-corrected chi connectivity index (χ1v) is 7.13. The van der Waals surface area contributed by atoms with Crippen molar-refractivity contribution in [1.29, 1.82) is 0 Å². The molecule has 0 saturated carbocycles. The number of halogens is 2. The van der Waals surface area contributed by atoms with Gasteiger partial charge in [-0.3, -0.25) is 14.6 Å². The number of carbonyl (C=O) groups is 2. The monoisotopic (exact) mass is 362 g/mol. The maximum Gasteiger partial charge on any atom is 0.270 e. The van der Waals surface area contributed by atoms with Crippen molar-refractivity contribution >= 4 is 36.6 Å². The van der Waals surface area contributed by atoms with Gasteiger partial charge in [-0.1, -0.05) is 19.9 Å². The SMILES string of the molecule is CC1(C)CN(C(=O)CNC(=O)c2ccccn2)CCC1N.Cl.Cl. The Morgan fingerprint density at radius 2 is 2.09 bits per heavy atom. The van der Waals surface area contributed by atoms with E-state index in [0.29, 0.717) is 18.8 Å². The molecule has 23 heavy (non-hydrogen) atoms. The van der Waals surface area contributed by atoms with Gasteiger partial charge in [0.15, 0.2) is 0 Å². The zero-order valence-corrected chi connectivity index (χ0v) is 15.0. The first kappa shape index (κ1) is 21.6. The summed E-state index contributed by atoms with van der Waals surface area (Å²) in [6.07, 6.45) is 2.33. The van der Waals surface area contributed by atoms with E-state index in [0.717, 1.165) is 6.42 Å². The Kier molecular flexibility index (Phi) is 8.52. The van der Waals surface area contributed by atoms with Crippen LogP contribution < -0.4 is 11.1 Å². The number of rotatable bonds is 3. The molecule has 0 aromatic carbocycles. The summed E-state index contributed by atoms with van der Waals surface area (Å²) in [6.45, 7) is 5.36. The smallest absolute Gasteiger partial charge is 0.270 e. The third kappa shape index (κ3) is 5.64. The number of pyridine rings is 1. The van der Waals surface area contributed by atoms with Crippen molar-refractivity contribution < 1.29 is 9.59 Å². The highest BCUT2D eigenvalue weighted by atomic mass is 35.5. The van der Waals surface area contributed by atoms with Crippen molar-refractivity contribution in [3.8, 4) is 0 Å². The molecule has 1 aliphatic rings. The molecular formula is C15H24Cl2N4O2. The number of nitrogens with one attached hydrogen (secondary N) is 1. The molecule has 8 heteroatoms. The van der Waals surface area contributed by atoms with Crippen molar-refractivity contribution in [3.63, 3.8) is 0 Å². The highest BCUT2D eigenvalue weighted by Gasteiger charge is 2.35. The fraction of sp³-hybridized carbons (Fsp3) is 0.533. The average molecular weight is 363 g/mol. The lowest BCUT2D eigenvalue weighted by molar-refractivity contribution is -0.133. The second kappa shape index (κ2) is 9.05. The molecule has 3 N–H and O–H groups in total. The number of aromatic nitrogens is 1.